The third-order valence-electron chi connectivity index (χ3n) is 5.43. The molecule has 0 fully saturated rings. The van der Waals surface area contributed by atoms with E-state index in [2.05, 4.69) is 22.1 Å². The summed E-state index contributed by atoms with van der Waals surface area (Å²) in [7, 11) is 0. The van der Waals surface area contributed by atoms with Crippen molar-refractivity contribution in [2.24, 2.45) is 9.98 Å². The summed E-state index contributed by atoms with van der Waals surface area (Å²) in [6.45, 7) is 3.98. The van der Waals surface area contributed by atoms with Gasteiger partial charge in [-0.3, -0.25) is 9.98 Å². The van der Waals surface area contributed by atoms with E-state index >= 15 is 0 Å². The zero-order valence-electron chi connectivity index (χ0n) is 18.8. The molecule has 4 aromatic carbocycles. The maximum absolute atomic E-state index is 9.63. The highest BCUT2D eigenvalue weighted by Gasteiger charge is 2.05. The van der Waals surface area contributed by atoms with E-state index in [-0.39, 0.29) is 23.0 Å². The Kier molecular flexibility index (Phi) is 6.32. The summed E-state index contributed by atoms with van der Waals surface area (Å²) in [5.74, 6) is -0.686. The van der Waals surface area contributed by atoms with E-state index in [9.17, 15) is 20.4 Å². The van der Waals surface area contributed by atoms with Crippen molar-refractivity contribution in [3.8, 4) is 34.1 Å². The van der Waals surface area contributed by atoms with Crippen molar-refractivity contribution < 1.29 is 20.4 Å². The first-order valence-electron chi connectivity index (χ1n) is 10.6. The van der Waals surface area contributed by atoms with Crippen LogP contribution in [-0.4, -0.2) is 32.9 Å². The van der Waals surface area contributed by atoms with Crippen molar-refractivity contribution in [3.63, 3.8) is 0 Å². The summed E-state index contributed by atoms with van der Waals surface area (Å²) < 4.78 is 0. The van der Waals surface area contributed by atoms with Gasteiger partial charge in [0, 0.05) is 12.4 Å². The molecule has 0 atom stereocenters. The Morgan fingerprint density at radius 3 is 1.26 bits per heavy atom. The van der Waals surface area contributed by atoms with Crippen LogP contribution in [0.5, 0.6) is 23.0 Å². The molecule has 0 aliphatic carbocycles. The van der Waals surface area contributed by atoms with E-state index in [4.69, 9.17) is 0 Å². The Morgan fingerprint density at radius 1 is 0.500 bits per heavy atom. The molecule has 0 saturated carbocycles. The lowest BCUT2D eigenvalue weighted by atomic mass is 10.00. The van der Waals surface area contributed by atoms with E-state index in [0.717, 1.165) is 33.6 Å². The molecule has 0 heterocycles. The summed E-state index contributed by atoms with van der Waals surface area (Å²) in [5, 5.41) is 38.1. The predicted octanol–water partition coefficient (Wildman–Crippen LogP) is 6.29. The van der Waals surface area contributed by atoms with Gasteiger partial charge in [-0.1, -0.05) is 12.1 Å². The Labute approximate surface area is 197 Å². The summed E-state index contributed by atoms with van der Waals surface area (Å²) in [6, 6.07) is 21.2. The molecule has 4 aromatic rings. The maximum atomic E-state index is 9.63. The number of hydrogen-bond donors (Lipinski definition) is 4. The fraction of sp³-hybridized carbons (Fsp3) is 0.0714. The number of phenolic OH excluding ortho intramolecular Hbond substituents is 4. The first kappa shape index (κ1) is 22.6. The van der Waals surface area contributed by atoms with E-state index in [0.29, 0.717) is 11.1 Å². The third-order valence-corrected chi connectivity index (χ3v) is 5.43. The topological polar surface area (TPSA) is 106 Å². The molecule has 4 rings (SSSR count). The Hall–Kier alpha value is -4.58. The predicted molar refractivity (Wildman–Crippen MR) is 135 cm³/mol. The second kappa shape index (κ2) is 9.50. The van der Waals surface area contributed by atoms with Gasteiger partial charge in [-0.25, -0.2) is 0 Å². The van der Waals surface area contributed by atoms with Gasteiger partial charge in [0.15, 0.2) is 23.0 Å². The smallest absolute Gasteiger partial charge is 0.158 e. The van der Waals surface area contributed by atoms with Crippen LogP contribution in [0.15, 0.2) is 82.8 Å². The summed E-state index contributed by atoms with van der Waals surface area (Å²) in [5.41, 5.74) is 7.12. The Morgan fingerprint density at radius 2 is 0.912 bits per heavy atom. The molecule has 0 amide bonds. The lowest BCUT2D eigenvalue weighted by molar-refractivity contribution is 0.403. The first-order valence-corrected chi connectivity index (χ1v) is 10.6. The van der Waals surface area contributed by atoms with Crippen LogP contribution >= 0.6 is 0 Å². The zero-order valence-corrected chi connectivity index (χ0v) is 18.8. The highest BCUT2D eigenvalue weighted by atomic mass is 16.3. The van der Waals surface area contributed by atoms with Crippen molar-refractivity contribution in [2.75, 3.05) is 0 Å². The standard InChI is InChI=1S/C28H24N2O4/c1-17-11-21(5-7-23(17)29-15-19-3-9-25(31)27(33)13-19)22-6-8-24(18(2)12-22)30-16-20-4-10-26(32)28(34)14-20/h3-16,31-34H,1-2H3. The van der Waals surface area contributed by atoms with Gasteiger partial charge in [-0.2, -0.15) is 0 Å². The molecular weight excluding hydrogens is 428 g/mol. The molecule has 0 bridgehead atoms. The van der Waals surface area contributed by atoms with Crippen LogP contribution in [-0.2, 0) is 0 Å². The molecular formula is C28H24N2O4. The Balaban J connectivity index is 1.52. The van der Waals surface area contributed by atoms with E-state index in [1.807, 2.05) is 38.1 Å². The Bertz CT molecular complexity index is 1320. The van der Waals surface area contributed by atoms with E-state index in [1.54, 1.807) is 24.6 Å². The minimum Gasteiger partial charge on any atom is -0.504 e. The summed E-state index contributed by atoms with van der Waals surface area (Å²) in [4.78, 5) is 9.02. The van der Waals surface area contributed by atoms with Gasteiger partial charge in [0.2, 0.25) is 0 Å². The number of rotatable bonds is 5. The fourth-order valence-corrected chi connectivity index (χ4v) is 3.49. The lowest BCUT2D eigenvalue weighted by Crippen LogP contribution is -1.85. The average Bonchev–Trinajstić information content (AvgIpc) is 2.81. The normalized spacial score (nSPS) is 11.5. The van der Waals surface area contributed by atoms with Crippen molar-refractivity contribution in [1.29, 1.82) is 0 Å². The number of aliphatic imine (C=N–C) groups is 2. The number of hydrogen-bond acceptors (Lipinski definition) is 6. The van der Waals surface area contributed by atoms with Crippen LogP contribution in [0.4, 0.5) is 11.4 Å². The molecule has 0 aliphatic rings. The molecule has 170 valence electrons. The molecule has 6 nitrogen and oxygen atoms in total. The van der Waals surface area contributed by atoms with E-state index < -0.39 is 0 Å². The molecule has 0 radical (unpaired) electrons. The van der Waals surface area contributed by atoms with Crippen LogP contribution in [0, 0.1) is 13.8 Å². The molecule has 6 heteroatoms. The average molecular weight is 453 g/mol. The number of aromatic hydroxyl groups is 4. The minimum absolute atomic E-state index is 0.163. The highest BCUT2D eigenvalue weighted by molar-refractivity contribution is 5.85. The largest absolute Gasteiger partial charge is 0.504 e. The van der Waals surface area contributed by atoms with Crippen LogP contribution in [0.2, 0.25) is 0 Å². The van der Waals surface area contributed by atoms with Gasteiger partial charge in [-0.15, -0.1) is 0 Å². The SMILES string of the molecule is Cc1cc(-c2ccc(N=Cc3ccc(O)c(O)c3)c(C)c2)ccc1N=Cc1ccc(O)c(O)c1. The van der Waals surface area contributed by atoms with Gasteiger partial charge < -0.3 is 20.4 Å². The van der Waals surface area contributed by atoms with Crippen molar-refractivity contribution in [1.82, 2.24) is 0 Å². The van der Waals surface area contributed by atoms with Crippen LogP contribution in [0.3, 0.4) is 0 Å². The van der Waals surface area contributed by atoms with Crippen LogP contribution in [0.25, 0.3) is 11.1 Å². The van der Waals surface area contributed by atoms with Crippen molar-refractivity contribution in [3.05, 3.63) is 95.1 Å². The second-order valence-electron chi connectivity index (χ2n) is 8.02. The molecule has 4 N–H and O–H groups in total. The van der Waals surface area contributed by atoms with Gasteiger partial charge in [0.1, 0.15) is 0 Å². The molecule has 34 heavy (non-hydrogen) atoms. The number of aryl methyl sites for hydroxylation is 2. The molecule has 0 aliphatic heterocycles. The maximum Gasteiger partial charge on any atom is 0.158 e. The molecule has 0 spiro atoms. The summed E-state index contributed by atoms with van der Waals surface area (Å²) >= 11 is 0. The number of nitrogens with zero attached hydrogens (tertiary/aromatic N) is 2. The van der Waals surface area contributed by atoms with Crippen molar-refractivity contribution in [2.45, 2.75) is 13.8 Å². The van der Waals surface area contributed by atoms with Crippen LogP contribution in [0.1, 0.15) is 22.3 Å². The second-order valence-corrected chi connectivity index (χ2v) is 8.02. The minimum atomic E-state index is -0.180. The zero-order chi connectivity index (χ0) is 24.2. The van der Waals surface area contributed by atoms with Gasteiger partial charge in [0.05, 0.1) is 11.4 Å². The van der Waals surface area contributed by atoms with E-state index in [1.165, 1.54) is 24.3 Å². The van der Waals surface area contributed by atoms with Gasteiger partial charge in [-0.05, 0) is 108 Å². The van der Waals surface area contributed by atoms with Crippen molar-refractivity contribution >= 4 is 23.8 Å². The molecule has 0 aromatic heterocycles. The van der Waals surface area contributed by atoms with Crippen LogP contribution < -0.4 is 0 Å². The van der Waals surface area contributed by atoms with Gasteiger partial charge >= 0.3 is 0 Å². The third kappa shape index (κ3) is 5.07. The quantitative estimate of drug-likeness (QED) is 0.211. The summed E-state index contributed by atoms with van der Waals surface area (Å²) in [6.07, 6.45) is 3.29. The monoisotopic (exact) mass is 452 g/mol. The fourth-order valence-electron chi connectivity index (χ4n) is 3.49. The first-order chi connectivity index (χ1) is 16.3. The number of phenols is 4. The molecule has 0 saturated heterocycles. The lowest BCUT2D eigenvalue weighted by Gasteiger charge is -2.08. The van der Waals surface area contributed by atoms with Gasteiger partial charge in [0.25, 0.3) is 0 Å². The number of benzene rings is 4. The highest BCUT2D eigenvalue weighted by Crippen LogP contribution is 2.31. The molecule has 0 unspecified atom stereocenters.